The zero-order valence-electron chi connectivity index (χ0n) is 32.0. The van der Waals surface area contributed by atoms with E-state index in [0.29, 0.717) is 19.3 Å². The fourth-order valence-corrected chi connectivity index (χ4v) is 5.85. The smallest absolute Gasteiger partial charge is 0.306 e. The summed E-state index contributed by atoms with van der Waals surface area (Å²) in [5.41, 5.74) is 0. The van der Waals surface area contributed by atoms with Crippen LogP contribution in [0, 0.1) is 0 Å². The van der Waals surface area contributed by atoms with Crippen LogP contribution in [0.5, 0.6) is 0 Å². The van der Waals surface area contributed by atoms with Crippen LogP contribution >= 0.6 is 0 Å². The molecule has 0 aliphatic rings. The molecule has 0 rings (SSSR count). The summed E-state index contributed by atoms with van der Waals surface area (Å²) in [5.74, 6) is -0.888. The molecule has 0 fully saturated rings. The van der Waals surface area contributed by atoms with E-state index < -0.39 is 6.10 Å². The molecule has 0 aromatic heterocycles. The minimum Gasteiger partial charge on any atom is -0.462 e. The van der Waals surface area contributed by atoms with E-state index in [4.69, 9.17) is 14.2 Å². The van der Waals surface area contributed by atoms with Gasteiger partial charge in [0, 0.05) is 19.3 Å². The molecule has 6 heteroatoms. The zero-order valence-corrected chi connectivity index (χ0v) is 32.0. The molecule has 0 bridgehead atoms. The Morgan fingerprint density at radius 2 is 0.688 bits per heavy atom. The van der Waals surface area contributed by atoms with Crippen LogP contribution in [0.25, 0.3) is 0 Å². The summed E-state index contributed by atoms with van der Waals surface area (Å²) in [6.07, 6.45) is 37.8. The lowest BCUT2D eigenvalue weighted by Crippen LogP contribution is -2.30. The van der Waals surface area contributed by atoms with Gasteiger partial charge >= 0.3 is 17.9 Å². The molecule has 0 aromatic rings. The molecule has 1 unspecified atom stereocenters. The van der Waals surface area contributed by atoms with Gasteiger partial charge in [0.05, 0.1) is 0 Å². The summed E-state index contributed by atoms with van der Waals surface area (Å²) >= 11 is 0. The lowest BCUT2D eigenvalue weighted by molar-refractivity contribution is -0.167. The average molecular weight is 679 g/mol. The van der Waals surface area contributed by atoms with E-state index in [-0.39, 0.29) is 31.1 Å². The molecule has 0 saturated carbocycles. The average Bonchev–Trinajstić information content (AvgIpc) is 3.08. The Morgan fingerprint density at radius 1 is 0.396 bits per heavy atom. The number of rotatable bonds is 37. The number of unbranched alkanes of at least 4 members (excludes halogenated alkanes) is 24. The molecule has 0 aliphatic heterocycles. The van der Waals surface area contributed by atoms with Gasteiger partial charge in [0.25, 0.3) is 0 Å². The summed E-state index contributed by atoms with van der Waals surface area (Å²) in [4.78, 5) is 37.3. The van der Waals surface area contributed by atoms with E-state index in [2.05, 4.69) is 32.9 Å². The van der Waals surface area contributed by atoms with Crippen molar-refractivity contribution in [1.29, 1.82) is 0 Å². The molecule has 0 spiro atoms. The van der Waals surface area contributed by atoms with Crippen molar-refractivity contribution >= 4 is 17.9 Å². The topological polar surface area (TPSA) is 78.9 Å². The van der Waals surface area contributed by atoms with Crippen LogP contribution in [0.15, 0.2) is 12.2 Å². The third-order valence-corrected chi connectivity index (χ3v) is 9.02. The van der Waals surface area contributed by atoms with Crippen molar-refractivity contribution in [3.63, 3.8) is 0 Å². The molecule has 0 N–H and O–H groups in total. The maximum atomic E-state index is 12.6. The predicted molar refractivity (Wildman–Crippen MR) is 201 cm³/mol. The first-order chi connectivity index (χ1) is 23.5. The molecule has 0 saturated heterocycles. The molecule has 0 aromatic carbocycles. The number of esters is 3. The molecular weight excluding hydrogens is 600 g/mol. The molecule has 1 atom stereocenters. The first-order valence-electron chi connectivity index (χ1n) is 20.7. The largest absolute Gasteiger partial charge is 0.462 e. The molecule has 0 radical (unpaired) electrons. The van der Waals surface area contributed by atoms with Crippen molar-refractivity contribution < 1.29 is 28.6 Å². The molecule has 0 amide bonds. The Balaban J connectivity index is 4.26. The summed E-state index contributed by atoms with van der Waals surface area (Å²) in [6, 6.07) is 0. The summed E-state index contributed by atoms with van der Waals surface area (Å²) in [7, 11) is 0. The summed E-state index contributed by atoms with van der Waals surface area (Å²) < 4.78 is 16.5. The van der Waals surface area contributed by atoms with Gasteiger partial charge in [0.15, 0.2) is 6.10 Å². The molecule has 282 valence electrons. The van der Waals surface area contributed by atoms with Gasteiger partial charge in [0.1, 0.15) is 13.2 Å². The highest BCUT2D eigenvalue weighted by Gasteiger charge is 2.19. The number of ether oxygens (including phenoxy) is 3. The second kappa shape index (κ2) is 38.0. The van der Waals surface area contributed by atoms with E-state index >= 15 is 0 Å². The molecule has 0 aliphatic carbocycles. The highest BCUT2D eigenvalue weighted by Crippen LogP contribution is 2.13. The Morgan fingerprint density at radius 3 is 1.04 bits per heavy atom. The molecule has 6 nitrogen and oxygen atoms in total. The van der Waals surface area contributed by atoms with E-state index in [1.165, 1.54) is 116 Å². The molecular formula is C42H78O6. The Bertz CT molecular complexity index is 748. The summed E-state index contributed by atoms with van der Waals surface area (Å²) in [5, 5.41) is 0. The van der Waals surface area contributed by atoms with Gasteiger partial charge in [0.2, 0.25) is 0 Å². The Hall–Kier alpha value is -1.85. The van der Waals surface area contributed by atoms with E-state index in [1.807, 2.05) is 0 Å². The van der Waals surface area contributed by atoms with E-state index in [9.17, 15) is 14.4 Å². The van der Waals surface area contributed by atoms with Crippen LogP contribution in [0.1, 0.15) is 220 Å². The Labute approximate surface area is 297 Å². The fraction of sp³-hybridized carbons (Fsp3) is 0.881. The van der Waals surface area contributed by atoms with Gasteiger partial charge in [-0.05, 0) is 44.9 Å². The SMILES string of the molecule is CCCCCCCC/C=C\CCCCCCCC(=O)OCC(COC(=O)CCCCCCCCC)OC(=O)CCCCCCCCCC. The van der Waals surface area contributed by atoms with Crippen molar-refractivity contribution in [2.45, 2.75) is 226 Å². The lowest BCUT2D eigenvalue weighted by atomic mass is 10.1. The number of carbonyl (C=O) groups is 3. The quantitative estimate of drug-likeness (QED) is 0.0282. The standard InChI is InChI=1S/C42H78O6/c1-4-7-10-13-16-18-19-20-21-22-23-24-27-29-32-35-41(44)47-38-39(37-46-40(43)34-31-28-25-15-12-9-6-3)48-42(45)36-33-30-26-17-14-11-8-5-2/h20-21,39H,4-19,22-38H2,1-3H3/b21-20-. The van der Waals surface area contributed by atoms with Gasteiger partial charge in [-0.25, -0.2) is 0 Å². The van der Waals surface area contributed by atoms with Crippen molar-refractivity contribution in [1.82, 2.24) is 0 Å². The first kappa shape index (κ1) is 46.1. The van der Waals surface area contributed by atoms with Gasteiger partial charge < -0.3 is 14.2 Å². The minimum atomic E-state index is -0.761. The summed E-state index contributed by atoms with van der Waals surface area (Å²) in [6.45, 7) is 6.54. The first-order valence-corrected chi connectivity index (χ1v) is 20.7. The zero-order chi connectivity index (χ0) is 35.2. The van der Waals surface area contributed by atoms with Gasteiger partial charge in [-0.3, -0.25) is 14.4 Å². The normalized spacial score (nSPS) is 12.0. The number of carbonyl (C=O) groups excluding carboxylic acids is 3. The van der Waals surface area contributed by atoms with Crippen LogP contribution in [-0.4, -0.2) is 37.2 Å². The second-order valence-electron chi connectivity index (χ2n) is 13.9. The molecule has 0 heterocycles. The highest BCUT2D eigenvalue weighted by molar-refractivity contribution is 5.71. The van der Waals surface area contributed by atoms with E-state index in [1.54, 1.807) is 0 Å². The van der Waals surface area contributed by atoms with Crippen LogP contribution < -0.4 is 0 Å². The third-order valence-electron chi connectivity index (χ3n) is 9.02. The number of hydrogen-bond donors (Lipinski definition) is 0. The third kappa shape index (κ3) is 35.5. The van der Waals surface area contributed by atoms with Crippen molar-refractivity contribution in [2.24, 2.45) is 0 Å². The van der Waals surface area contributed by atoms with Crippen LogP contribution in [0.3, 0.4) is 0 Å². The van der Waals surface area contributed by atoms with Crippen LogP contribution in [0.2, 0.25) is 0 Å². The fourth-order valence-electron chi connectivity index (χ4n) is 5.85. The monoisotopic (exact) mass is 679 g/mol. The predicted octanol–water partition coefficient (Wildman–Crippen LogP) is 12.7. The highest BCUT2D eigenvalue weighted by atomic mass is 16.6. The number of hydrogen-bond acceptors (Lipinski definition) is 6. The van der Waals surface area contributed by atoms with Gasteiger partial charge in [-0.2, -0.15) is 0 Å². The van der Waals surface area contributed by atoms with Gasteiger partial charge in [-0.15, -0.1) is 0 Å². The van der Waals surface area contributed by atoms with Crippen molar-refractivity contribution in [3.8, 4) is 0 Å². The van der Waals surface area contributed by atoms with Crippen LogP contribution in [0.4, 0.5) is 0 Å². The van der Waals surface area contributed by atoms with Crippen LogP contribution in [-0.2, 0) is 28.6 Å². The second-order valence-corrected chi connectivity index (χ2v) is 13.9. The van der Waals surface area contributed by atoms with Gasteiger partial charge in [-0.1, -0.05) is 168 Å². The van der Waals surface area contributed by atoms with Crippen molar-refractivity contribution in [2.75, 3.05) is 13.2 Å². The Kier molecular flexibility index (Phi) is 36.5. The number of allylic oxidation sites excluding steroid dienone is 2. The maximum Gasteiger partial charge on any atom is 0.306 e. The molecule has 48 heavy (non-hydrogen) atoms. The van der Waals surface area contributed by atoms with Crippen molar-refractivity contribution in [3.05, 3.63) is 12.2 Å². The minimum absolute atomic E-state index is 0.0703. The maximum absolute atomic E-state index is 12.6. The van der Waals surface area contributed by atoms with E-state index in [0.717, 1.165) is 64.2 Å². The lowest BCUT2D eigenvalue weighted by Gasteiger charge is -2.18.